The Kier molecular flexibility index (Phi) is 3.67. The van der Waals surface area contributed by atoms with E-state index in [-0.39, 0.29) is 6.04 Å². The third-order valence-corrected chi connectivity index (χ3v) is 2.50. The van der Waals surface area contributed by atoms with Crippen LogP contribution in [0.25, 0.3) is 0 Å². The van der Waals surface area contributed by atoms with Crippen molar-refractivity contribution in [1.29, 1.82) is 5.26 Å². The topological polar surface area (TPSA) is 49.8 Å². The summed E-state index contributed by atoms with van der Waals surface area (Å²) in [6, 6.07) is 7.98. The van der Waals surface area contributed by atoms with Crippen LogP contribution in [0.5, 0.6) is 0 Å². The molecular weight excluding hydrogens is 172 g/mol. The first-order valence-corrected chi connectivity index (χ1v) is 4.95. The molecule has 2 nitrogen and oxygen atoms in total. The molecule has 0 spiro atoms. The predicted octanol–water partition coefficient (Wildman–Crippen LogP) is 2.67. The molecule has 0 aliphatic carbocycles. The van der Waals surface area contributed by atoms with Gasteiger partial charge in [-0.25, -0.2) is 0 Å². The number of rotatable bonds is 3. The zero-order valence-electron chi connectivity index (χ0n) is 8.75. The average molecular weight is 188 g/mol. The molecular formula is C12H16N2. The fourth-order valence-corrected chi connectivity index (χ4v) is 1.64. The Labute approximate surface area is 85.4 Å². The molecule has 0 bridgehead atoms. The largest absolute Gasteiger partial charge is 0.324 e. The fourth-order valence-electron chi connectivity index (χ4n) is 1.64. The lowest BCUT2D eigenvalue weighted by molar-refractivity contribution is 0.635. The lowest BCUT2D eigenvalue weighted by atomic mass is 9.95. The number of nitrogens with two attached hydrogens (primary N) is 1. The molecule has 0 heterocycles. The highest BCUT2D eigenvalue weighted by atomic mass is 14.6. The van der Waals surface area contributed by atoms with Crippen LogP contribution in [0.15, 0.2) is 18.2 Å². The van der Waals surface area contributed by atoms with Gasteiger partial charge in [-0.15, -0.1) is 0 Å². The second-order valence-electron chi connectivity index (χ2n) is 3.53. The lowest BCUT2D eigenvalue weighted by Crippen LogP contribution is -2.11. The molecule has 2 heteroatoms. The lowest BCUT2D eigenvalue weighted by Gasteiger charge is -2.14. The molecule has 0 aromatic heterocycles. The minimum atomic E-state index is 0.0632. The van der Waals surface area contributed by atoms with E-state index in [1.54, 1.807) is 0 Å². The molecule has 0 unspecified atom stereocenters. The number of nitriles is 1. The number of hydrogen-bond donors (Lipinski definition) is 1. The van der Waals surface area contributed by atoms with Crippen LogP contribution in [0.1, 0.15) is 42.5 Å². The van der Waals surface area contributed by atoms with Crippen LogP contribution in [-0.4, -0.2) is 0 Å². The van der Waals surface area contributed by atoms with Crippen molar-refractivity contribution in [2.45, 2.75) is 32.7 Å². The molecule has 2 N–H and O–H groups in total. The molecule has 14 heavy (non-hydrogen) atoms. The number of hydrogen-bond acceptors (Lipinski definition) is 2. The van der Waals surface area contributed by atoms with Gasteiger partial charge in [0.25, 0.3) is 0 Å². The number of benzene rings is 1. The van der Waals surface area contributed by atoms with Crippen molar-refractivity contribution in [3.05, 3.63) is 34.9 Å². The molecule has 0 saturated heterocycles. The van der Waals surface area contributed by atoms with Crippen molar-refractivity contribution in [2.75, 3.05) is 0 Å². The molecule has 0 radical (unpaired) electrons. The first-order chi connectivity index (χ1) is 6.70. The molecule has 1 atom stereocenters. The van der Waals surface area contributed by atoms with Crippen molar-refractivity contribution >= 4 is 0 Å². The molecule has 1 aromatic rings. The summed E-state index contributed by atoms with van der Waals surface area (Å²) < 4.78 is 0. The molecule has 1 rings (SSSR count). The van der Waals surface area contributed by atoms with E-state index >= 15 is 0 Å². The van der Waals surface area contributed by atoms with Gasteiger partial charge in [0.15, 0.2) is 0 Å². The zero-order valence-corrected chi connectivity index (χ0v) is 8.75. The van der Waals surface area contributed by atoms with E-state index in [9.17, 15) is 0 Å². The smallest absolute Gasteiger partial charge is 0.0994 e. The average Bonchev–Trinajstić information content (AvgIpc) is 2.18. The zero-order chi connectivity index (χ0) is 10.6. The monoisotopic (exact) mass is 188 g/mol. The van der Waals surface area contributed by atoms with Gasteiger partial charge in [-0.2, -0.15) is 5.26 Å². The van der Waals surface area contributed by atoms with E-state index in [1.165, 1.54) is 0 Å². The quantitative estimate of drug-likeness (QED) is 0.792. The van der Waals surface area contributed by atoms with Gasteiger partial charge in [0.2, 0.25) is 0 Å². The number of nitrogens with zero attached hydrogens (tertiary/aromatic N) is 1. The summed E-state index contributed by atoms with van der Waals surface area (Å²) in [6.07, 6.45) is 2.03. The van der Waals surface area contributed by atoms with Gasteiger partial charge in [0, 0.05) is 6.04 Å². The predicted molar refractivity (Wildman–Crippen MR) is 57.7 cm³/mol. The van der Waals surface area contributed by atoms with Crippen LogP contribution in [0.4, 0.5) is 0 Å². The first kappa shape index (κ1) is 10.7. The Balaban J connectivity index is 3.04. The molecule has 0 fully saturated rings. The molecule has 0 amide bonds. The van der Waals surface area contributed by atoms with Gasteiger partial charge in [-0.1, -0.05) is 25.5 Å². The maximum Gasteiger partial charge on any atom is 0.0994 e. The first-order valence-electron chi connectivity index (χ1n) is 4.95. The Bertz CT molecular complexity index is 350. The molecule has 0 saturated carbocycles. The van der Waals surface area contributed by atoms with Crippen LogP contribution in [-0.2, 0) is 0 Å². The normalized spacial score (nSPS) is 12.1. The van der Waals surface area contributed by atoms with E-state index in [1.807, 2.05) is 25.1 Å². The molecule has 0 aliphatic rings. The second kappa shape index (κ2) is 4.78. The summed E-state index contributed by atoms with van der Waals surface area (Å²) in [5, 5.41) is 8.86. The van der Waals surface area contributed by atoms with Crippen molar-refractivity contribution in [3.63, 3.8) is 0 Å². The van der Waals surface area contributed by atoms with Crippen LogP contribution in [0, 0.1) is 18.3 Å². The maximum atomic E-state index is 8.86. The van der Waals surface area contributed by atoms with E-state index < -0.39 is 0 Å². The van der Waals surface area contributed by atoms with Gasteiger partial charge in [0.05, 0.1) is 11.6 Å². The second-order valence-corrected chi connectivity index (χ2v) is 3.53. The van der Waals surface area contributed by atoms with E-state index in [0.717, 1.165) is 29.5 Å². The Morgan fingerprint density at radius 2 is 2.21 bits per heavy atom. The van der Waals surface area contributed by atoms with E-state index in [2.05, 4.69) is 13.0 Å². The highest BCUT2D eigenvalue weighted by molar-refractivity contribution is 5.43. The van der Waals surface area contributed by atoms with Crippen molar-refractivity contribution in [3.8, 4) is 6.07 Å². The summed E-state index contributed by atoms with van der Waals surface area (Å²) in [5.74, 6) is 0. The van der Waals surface area contributed by atoms with Crippen LogP contribution < -0.4 is 5.73 Å². The molecule has 0 aliphatic heterocycles. The standard InChI is InChI=1S/C12H16N2/c1-3-5-12(14)11-7-4-6-10(8-13)9(11)2/h4,6-7,12H,3,5,14H2,1-2H3/t12-/m1/s1. The molecule has 74 valence electrons. The summed E-state index contributed by atoms with van der Waals surface area (Å²) >= 11 is 0. The minimum Gasteiger partial charge on any atom is -0.324 e. The fraction of sp³-hybridized carbons (Fsp3) is 0.417. The van der Waals surface area contributed by atoms with Gasteiger partial charge < -0.3 is 5.73 Å². The third kappa shape index (κ3) is 2.12. The van der Waals surface area contributed by atoms with Gasteiger partial charge in [0.1, 0.15) is 0 Å². The van der Waals surface area contributed by atoms with E-state index in [4.69, 9.17) is 11.0 Å². The Morgan fingerprint density at radius 3 is 2.79 bits per heavy atom. The summed E-state index contributed by atoms with van der Waals surface area (Å²) in [5.41, 5.74) is 8.88. The maximum absolute atomic E-state index is 8.86. The SMILES string of the molecule is CCC[C@@H](N)c1cccc(C#N)c1C. The van der Waals surface area contributed by atoms with Crippen LogP contribution >= 0.6 is 0 Å². The van der Waals surface area contributed by atoms with Gasteiger partial charge in [-0.3, -0.25) is 0 Å². The van der Waals surface area contributed by atoms with Crippen LogP contribution in [0.2, 0.25) is 0 Å². The Hall–Kier alpha value is -1.33. The highest BCUT2D eigenvalue weighted by Crippen LogP contribution is 2.21. The summed E-state index contributed by atoms with van der Waals surface area (Å²) in [6.45, 7) is 4.08. The molecule has 1 aromatic carbocycles. The van der Waals surface area contributed by atoms with Crippen LogP contribution in [0.3, 0.4) is 0 Å². The van der Waals surface area contributed by atoms with Crippen molar-refractivity contribution in [1.82, 2.24) is 0 Å². The van der Waals surface area contributed by atoms with Gasteiger partial charge >= 0.3 is 0 Å². The van der Waals surface area contributed by atoms with Crippen molar-refractivity contribution < 1.29 is 0 Å². The summed E-state index contributed by atoms with van der Waals surface area (Å²) in [4.78, 5) is 0. The summed E-state index contributed by atoms with van der Waals surface area (Å²) in [7, 11) is 0. The minimum absolute atomic E-state index is 0.0632. The van der Waals surface area contributed by atoms with Crippen molar-refractivity contribution in [2.24, 2.45) is 5.73 Å². The van der Waals surface area contributed by atoms with Gasteiger partial charge in [-0.05, 0) is 30.5 Å². The third-order valence-electron chi connectivity index (χ3n) is 2.50. The van der Waals surface area contributed by atoms with E-state index in [0.29, 0.717) is 0 Å². The highest BCUT2D eigenvalue weighted by Gasteiger charge is 2.09. The Morgan fingerprint density at radius 1 is 1.50 bits per heavy atom.